The van der Waals surface area contributed by atoms with E-state index in [1.807, 2.05) is 53.8 Å². The minimum atomic E-state index is -4.73. The molecule has 0 saturated carbocycles. The molecule has 1 aliphatic carbocycles. The van der Waals surface area contributed by atoms with Gasteiger partial charge in [-0.05, 0) is 35.6 Å². The average molecular weight is 478 g/mol. The number of rotatable bonds is 9. The smallest absolute Gasteiger partial charge is 0.407 e. The summed E-state index contributed by atoms with van der Waals surface area (Å²) in [6.45, 7) is 1.73. The van der Waals surface area contributed by atoms with Gasteiger partial charge < -0.3 is 20.5 Å². The van der Waals surface area contributed by atoms with Crippen molar-refractivity contribution < 1.29 is 37.4 Å². The van der Waals surface area contributed by atoms with Crippen LogP contribution in [0.4, 0.5) is 18.0 Å². The summed E-state index contributed by atoms with van der Waals surface area (Å²) in [5, 5.41) is 13.3. The van der Waals surface area contributed by atoms with Crippen molar-refractivity contribution in [2.75, 3.05) is 6.61 Å². The first-order valence-corrected chi connectivity index (χ1v) is 10.8. The topological polar surface area (TPSA) is 105 Å². The van der Waals surface area contributed by atoms with E-state index < -0.39 is 42.7 Å². The zero-order chi connectivity index (χ0) is 24.9. The van der Waals surface area contributed by atoms with Crippen LogP contribution < -0.4 is 10.6 Å². The summed E-state index contributed by atoms with van der Waals surface area (Å²) in [6.07, 6.45) is -7.24. The van der Waals surface area contributed by atoms with Crippen LogP contribution in [0.25, 0.3) is 11.1 Å². The van der Waals surface area contributed by atoms with Gasteiger partial charge in [0.2, 0.25) is 5.91 Å². The molecule has 0 heterocycles. The van der Waals surface area contributed by atoms with E-state index in [9.17, 15) is 27.6 Å². The normalized spacial score (nSPS) is 14.5. The molecule has 182 valence electrons. The summed E-state index contributed by atoms with van der Waals surface area (Å²) < 4.78 is 42.8. The molecule has 2 atom stereocenters. The lowest BCUT2D eigenvalue weighted by molar-refractivity contribution is -0.160. The number of hydrogen-bond donors (Lipinski definition) is 3. The maximum atomic E-state index is 12.4. The summed E-state index contributed by atoms with van der Waals surface area (Å²) in [7, 11) is 0. The van der Waals surface area contributed by atoms with Gasteiger partial charge in [-0.15, -0.1) is 0 Å². The third-order valence-corrected chi connectivity index (χ3v) is 5.58. The number of nitrogens with one attached hydrogen (secondary N) is 2. The van der Waals surface area contributed by atoms with Gasteiger partial charge in [-0.3, -0.25) is 4.79 Å². The van der Waals surface area contributed by atoms with E-state index in [0.29, 0.717) is 0 Å². The van der Waals surface area contributed by atoms with E-state index >= 15 is 0 Å². The van der Waals surface area contributed by atoms with Crippen LogP contribution in [0.2, 0.25) is 0 Å². The molecule has 0 aliphatic heterocycles. The fourth-order valence-electron chi connectivity index (χ4n) is 3.96. The molecule has 7 nitrogen and oxygen atoms in total. The Bertz CT molecular complexity index is 1010. The van der Waals surface area contributed by atoms with Gasteiger partial charge in [-0.25, -0.2) is 9.59 Å². The Morgan fingerprint density at radius 2 is 1.56 bits per heavy atom. The number of amides is 2. The Kier molecular flexibility index (Phi) is 7.80. The van der Waals surface area contributed by atoms with Gasteiger partial charge >= 0.3 is 18.2 Å². The fourth-order valence-corrected chi connectivity index (χ4v) is 3.96. The van der Waals surface area contributed by atoms with Gasteiger partial charge in [-0.1, -0.05) is 48.5 Å². The number of carboxylic acids is 1. The molecular weight excluding hydrogens is 453 g/mol. The van der Waals surface area contributed by atoms with Crippen molar-refractivity contribution in [1.82, 2.24) is 10.6 Å². The number of benzene rings is 2. The highest BCUT2D eigenvalue weighted by molar-refractivity contribution is 5.83. The first-order valence-electron chi connectivity index (χ1n) is 10.8. The van der Waals surface area contributed by atoms with Gasteiger partial charge in [0.1, 0.15) is 12.6 Å². The summed E-state index contributed by atoms with van der Waals surface area (Å²) >= 11 is 0. The minimum absolute atomic E-state index is 0.0917. The summed E-state index contributed by atoms with van der Waals surface area (Å²) in [5.74, 6) is -2.73. The number of ether oxygens (including phenoxy) is 1. The minimum Gasteiger partial charge on any atom is -0.480 e. The highest BCUT2D eigenvalue weighted by atomic mass is 19.4. The molecule has 1 aliphatic rings. The second kappa shape index (κ2) is 10.6. The molecule has 10 heteroatoms. The lowest BCUT2D eigenvalue weighted by Gasteiger charge is -2.18. The molecule has 0 radical (unpaired) electrons. The molecule has 0 saturated heterocycles. The van der Waals surface area contributed by atoms with Gasteiger partial charge in [0.15, 0.2) is 0 Å². The number of hydrogen-bond acceptors (Lipinski definition) is 4. The van der Waals surface area contributed by atoms with Crippen LogP contribution >= 0.6 is 0 Å². The molecule has 2 unspecified atom stereocenters. The molecule has 3 rings (SSSR count). The number of halogens is 3. The summed E-state index contributed by atoms with van der Waals surface area (Å²) in [6, 6.07) is 13.2. The number of carbonyl (C=O) groups excluding carboxylic acids is 2. The van der Waals surface area contributed by atoms with E-state index in [2.05, 4.69) is 5.32 Å². The third-order valence-electron chi connectivity index (χ3n) is 5.58. The molecule has 0 aromatic heterocycles. The van der Waals surface area contributed by atoms with Crippen LogP contribution in [-0.4, -0.2) is 47.9 Å². The molecule has 0 fully saturated rings. The lowest BCUT2D eigenvalue weighted by atomic mass is 9.98. The standard InChI is InChI=1S/C24H25F3N2O5/c1-14(10-11-21(30)29-20(22(31)32)12-24(25,26)27)28-23(33)34-13-19-17-8-4-2-6-15(17)16-7-3-5-9-18(16)19/h2-9,14,19-20H,10-13H2,1H3,(H,28,33)(H,29,30)(H,31,32). The number of alkyl halides is 3. The van der Waals surface area contributed by atoms with E-state index in [1.54, 1.807) is 6.92 Å². The van der Waals surface area contributed by atoms with Crippen LogP contribution in [-0.2, 0) is 14.3 Å². The van der Waals surface area contributed by atoms with Crippen molar-refractivity contribution in [2.24, 2.45) is 0 Å². The monoisotopic (exact) mass is 478 g/mol. The number of aliphatic carboxylic acids is 1. The molecule has 0 bridgehead atoms. The van der Waals surface area contributed by atoms with Gasteiger partial charge in [0, 0.05) is 18.4 Å². The van der Waals surface area contributed by atoms with E-state index in [-0.39, 0.29) is 25.4 Å². The van der Waals surface area contributed by atoms with Crippen LogP contribution in [0, 0.1) is 0 Å². The first-order chi connectivity index (χ1) is 16.0. The van der Waals surface area contributed by atoms with Crippen molar-refractivity contribution in [3.05, 3.63) is 59.7 Å². The Labute approximate surface area is 194 Å². The average Bonchev–Trinajstić information content (AvgIpc) is 3.09. The van der Waals surface area contributed by atoms with Gasteiger partial charge in [-0.2, -0.15) is 13.2 Å². The van der Waals surface area contributed by atoms with Crippen molar-refractivity contribution in [3.8, 4) is 11.1 Å². The largest absolute Gasteiger partial charge is 0.480 e. The highest BCUT2D eigenvalue weighted by Crippen LogP contribution is 2.44. The first kappa shape index (κ1) is 25.1. The molecule has 2 amide bonds. The SMILES string of the molecule is CC(CCC(=O)NC(CC(F)(F)F)C(=O)O)NC(=O)OCC1c2ccccc2-c2ccccc21. The van der Waals surface area contributed by atoms with Crippen LogP contribution in [0.3, 0.4) is 0 Å². The Morgan fingerprint density at radius 3 is 2.09 bits per heavy atom. The summed E-state index contributed by atoms with van der Waals surface area (Å²) in [4.78, 5) is 35.1. The van der Waals surface area contributed by atoms with Crippen molar-refractivity contribution >= 4 is 18.0 Å². The predicted octanol–water partition coefficient (Wildman–Crippen LogP) is 4.22. The van der Waals surface area contributed by atoms with Gasteiger partial charge in [0.25, 0.3) is 0 Å². The zero-order valence-corrected chi connectivity index (χ0v) is 18.4. The Balaban J connectivity index is 1.47. The highest BCUT2D eigenvalue weighted by Gasteiger charge is 2.36. The lowest BCUT2D eigenvalue weighted by Crippen LogP contribution is -2.44. The Morgan fingerprint density at radius 1 is 1.00 bits per heavy atom. The quantitative estimate of drug-likeness (QED) is 0.501. The maximum absolute atomic E-state index is 12.4. The molecule has 0 spiro atoms. The van der Waals surface area contributed by atoms with E-state index in [4.69, 9.17) is 9.84 Å². The molecule has 34 heavy (non-hydrogen) atoms. The van der Waals surface area contributed by atoms with E-state index in [0.717, 1.165) is 22.3 Å². The molecule has 2 aromatic carbocycles. The second-order valence-electron chi connectivity index (χ2n) is 8.19. The fraction of sp³-hybridized carbons (Fsp3) is 0.375. The van der Waals surface area contributed by atoms with Gasteiger partial charge in [0.05, 0.1) is 6.42 Å². The third kappa shape index (κ3) is 6.49. The summed E-state index contributed by atoms with van der Waals surface area (Å²) in [5.41, 5.74) is 4.31. The molecule has 3 N–H and O–H groups in total. The number of alkyl carbamates (subject to hydrolysis) is 1. The molecule has 2 aromatic rings. The molecular formula is C24H25F3N2O5. The van der Waals surface area contributed by atoms with Crippen LogP contribution in [0.1, 0.15) is 43.2 Å². The van der Waals surface area contributed by atoms with Crippen molar-refractivity contribution in [3.63, 3.8) is 0 Å². The predicted molar refractivity (Wildman–Crippen MR) is 117 cm³/mol. The maximum Gasteiger partial charge on any atom is 0.407 e. The van der Waals surface area contributed by atoms with E-state index in [1.165, 1.54) is 0 Å². The Hall–Kier alpha value is -3.56. The van der Waals surface area contributed by atoms with Crippen LogP contribution in [0.15, 0.2) is 48.5 Å². The zero-order valence-electron chi connectivity index (χ0n) is 18.4. The number of carbonyl (C=O) groups is 3. The van der Waals surface area contributed by atoms with Crippen molar-refractivity contribution in [1.29, 1.82) is 0 Å². The number of fused-ring (bicyclic) bond motifs is 3. The van der Waals surface area contributed by atoms with Crippen LogP contribution in [0.5, 0.6) is 0 Å². The number of carboxylic acid groups (broad SMARTS) is 1. The second-order valence-corrected chi connectivity index (χ2v) is 8.19. The van der Waals surface area contributed by atoms with Crippen molar-refractivity contribution in [2.45, 2.75) is 50.4 Å².